The lowest BCUT2D eigenvalue weighted by Crippen LogP contribution is -2.19. The Morgan fingerprint density at radius 2 is 1.05 bits per heavy atom. The summed E-state index contributed by atoms with van der Waals surface area (Å²) in [4.78, 5) is 19.3. The second kappa shape index (κ2) is 6.45. The highest BCUT2D eigenvalue weighted by atomic mass is 35.5. The lowest BCUT2D eigenvalue weighted by Gasteiger charge is -2.08. The maximum atomic E-state index is 11.8. The van der Waals surface area contributed by atoms with Crippen molar-refractivity contribution >= 4 is 63.8 Å². The van der Waals surface area contributed by atoms with Gasteiger partial charge in [-0.05, 0) is 24.3 Å². The number of amides is 2. The van der Waals surface area contributed by atoms with Crippen LogP contribution in [0.4, 0.5) is 16.2 Å². The summed E-state index contributed by atoms with van der Waals surface area (Å²) in [5.41, 5.74) is 0.803. The van der Waals surface area contributed by atoms with Crippen molar-refractivity contribution in [1.29, 1.82) is 0 Å². The van der Waals surface area contributed by atoms with Crippen LogP contribution in [0.25, 0.3) is 0 Å². The van der Waals surface area contributed by atoms with Crippen LogP contribution in [-0.4, -0.2) is 16.0 Å². The van der Waals surface area contributed by atoms with Gasteiger partial charge >= 0.3 is 6.03 Å². The first kappa shape index (κ1) is 15.1. The highest BCUT2D eigenvalue weighted by Crippen LogP contribution is 2.21. The van der Waals surface area contributed by atoms with Crippen molar-refractivity contribution in [3.05, 3.63) is 44.9 Å². The third kappa shape index (κ3) is 4.38. The van der Waals surface area contributed by atoms with Crippen LogP contribution in [0, 0.1) is 0 Å². The van der Waals surface area contributed by atoms with Gasteiger partial charge in [0.05, 0.1) is 0 Å². The number of halogens is 4. The number of hydrogen-bond donors (Lipinski definition) is 2. The predicted octanol–water partition coefficient (Wildman–Crippen LogP) is 4.73. The Labute approximate surface area is 134 Å². The number of carbonyl (C=O) groups is 1. The number of rotatable bonds is 2. The van der Waals surface area contributed by atoms with Gasteiger partial charge < -0.3 is 10.6 Å². The number of urea groups is 1. The van der Waals surface area contributed by atoms with Crippen molar-refractivity contribution in [2.75, 3.05) is 10.6 Å². The summed E-state index contributed by atoms with van der Waals surface area (Å²) in [6.45, 7) is 0. The first-order valence-electron chi connectivity index (χ1n) is 5.16. The van der Waals surface area contributed by atoms with Crippen molar-refractivity contribution in [2.45, 2.75) is 0 Å². The summed E-state index contributed by atoms with van der Waals surface area (Å²) >= 11 is 22.9. The van der Waals surface area contributed by atoms with Crippen molar-refractivity contribution in [1.82, 2.24) is 9.97 Å². The van der Waals surface area contributed by atoms with E-state index in [4.69, 9.17) is 46.4 Å². The molecule has 0 unspecified atom stereocenters. The summed E-state index contributed by atoms with van der Waals surface area (Å²) in [6, 6.07) is 5.32. The van der Waals surface area contributed by atoms with E-state index in [1.54, 1.807) is 0 Å². The van der Waals surface area contributed by atoms with E-state index in [9.17, 15) is 4.79 Å². The molecule has 0 fully saturated rings. The van der Waals surface area contributed by atoms with Gasteiger partial charge in [-0.25, -0.2) is 14.8 Å². The van der Waals surface area contributed by atoms with Gasteiger partial charge in [-0.15, -0.1) is 0 Å². The van der Waals surface area contributed by atoms with E-state index < -0.39 is 6.03 Å². The number of hydrogen-bond acceptors (Lipinski definition) is 3. The number of carbonyl (C=O) groups excluding carboxylic acids is 1. The molecule has 0 atom stereocenters. The maximum Gasteiger partial charge on any atom is 0.323 e. The largest absolute Gasteiger partial charge is 0.323 e. The summed E-state index contributed by atoms with van der Waals surface area (Å²) in [5.74, 6) is 0. The molecule has 0 aromatic carbocycles. The minimum Gasteiger partial charge on any atom is -0.307 e. The van der Waals surface area contributed by atoms with E-state index in [-0.39, 0.29) is 20.6 Å². The third-order valence-electron chi connectivity index (χ3n) is 2.04. The smallest absolute Gasteiger partial charge is 0.307 e. The number of aromatic nitrogens is 2. The molecule has 9 heteroatoms. The van der Waals surface area contributed by atoms with Crippen LogP contribution >= 0.6 is 46.4 Å². The first-order valence-corrected chi connectivity index (χ1v) is 6.68. The summed E-state index contributed by atoms with van der Waals surface area (Å²) < 4.78 is 0. The van der Waals surface area contributed by atoms with Gasteiger partial charge in [-0.1, -0.05) is 46.4 Å². The van der Waals surface area contributed by atoms with Crippen LogP contribution in [0.5, 0.6) is 0 Å². The molecule has 5 nitrogen and oxygen atoms in total. The highest BCUT2D eigenvalue weighted by Gasteiger charge is 2.07. The molecule has 0 radical (unpaired) electrons. The molecule has 0 aliphatic carbocycles. The molecule has 0 spiro atoms. The van der Waals surface area contributed by atoms with Crippen molar-refractivity contribution in [2.24, 2.45) is 0 Å². The summed E-state index contributed by atoms with van der Waals surface area (Å²) in [5, 5.41) is 5.77. The van der Waals surface area contributed by atoms with Gasteiger partial charge in [0.2, 0.25) is 0 Å². The summed E-state index contributed by atoms with van der Waals surface area (Å²) in [7, 11) is 0. The molecular weight excluding hydrogens is 346 g/mol. The van der Waals surface area contributed by atoms with Crippen molar-refractivity contribution in [3.8, 4) is 0 Å². The van der Waals surface area contributed by atoms with Crippen LogP contribution in [0.3, 0.4) is 0 Å². The van der Waals surface area contributed by atoms with E-state index in [2.05, 4.69) is 20.6 Å². The average molecular weight is 352 g/mol. The maximum absolute atomic E-state index is 11.8. The van der Waals surface area contributed by atoms with E-state index in [0.29, 0.717) is 11.4 Å². The molecule has 2 N–H and O–H groups in total. The van der Waals surface area contributed by atoms with Gasteiger partial charge in [0.25, 0.3) is 0 Å². The normalized spacial score (nSPS) is 10.2. The van der Waals surface area contributed by atoms with Gasteiger partial charge in [-0.3, -0.25) is 0 Å². The zero-order valence-electron chi connectivity index (χ0n) is 9.62. The van der Waals surface area contributed by atoms with Gasteiger partial charge in [0.1, 0.15) is 20.6 Å². The topological polar surface area (TPSA) is 66.9 Å². The number of pyridine rings is 2. The van der Waals surface area contributed by atoms with E-state index in [1.165, 1.54) is 24.3 Å². The number of nitrogens with one attached hydrogen (secondary N) is 2. The van der Waals surface area contributed by atoms with Gasteiger partial charge in [-0.2, -0.15) is 0 Å². The number of anilines is 2. The molecule has 0 saturated carbocycles. The molecular formula is C11H6Cl4N4O. The minimum atomic E-state index is -0.512. The van der Waals surface area contributed by atoms with E-state index >= 15 is 0 Å². The lowest BCUT2D eigenvalue weighted by molar-refractivity contribution is 0.262. The van der Waals surface area contributed by atoms with Crippen LogP contribution < -0.4 is 10.6 Å². The highest BCUT2D eigenvalue weighted by molar-refractivity contribution is 6.33. The standard InChI is InChI=1S/C11H6Cl4N4O/c12-7-1-5(2-8(13)18-7)16-11(20)17-6-3-9(14)19-10(15)4-6/h1-4H,(H2,16,17,18,19,20). The second-order valence-corrected chi connectivity index (χ2v) is 5.13. The molecule has 0 aliphatic rings. The average Bonchev–Trinajstić information content (AvgIpc) is 2.24. The molecule has 2 aromatic heterocycles. The second-order valence-electron chi connectivity index (χ2n) is 3.58. The zero-order valence-corrected chi connectivity index (χ0v) is 12.6. The monoisotopic (exact) mass is 350 g/mol. The Morgan fingerprint density at radius 1 is 0.750 bits per heavy atom. The Hall–Kier alpha value is -1.27. The quantitative estimate of drug-likeness (QED) is 0.768. The molecule has 2 heterocycles. The fourth-order valence-electron chi connectivity index (χ4n) is 1.37. The fraction of sp³-hybridized carbons (Fsp3) is 0. The third-order valence-corrected chi connectivity index (χ3v) is 2.82. The molecule has 2 rings (SSSR count). The molecule has 104 valence electrons. The lowest BCUT2D eigenvalue weighted by atomic mass is 10.4. The van der Waals surface area contributed by atoms with E-state index in [0.717, 1.165) is 0 Å². The van der Waals surface area contributed by atoms with Crippen molar-refractivity contribution < 1.29 is 4.79 Å². The van der Waals surface area contributed by atoms with Crippen LogP contribution in [0.15, 0.2) is 24.3 Å². The van der Waals surface area contributed by atoms with Crippen molar-refractivity contribution in [3.63, 3.8) is 0 Å². The Balaban J connectivity index is 2.08. The van der Waals surface area contributed by atoms with Crippen LogP contribution in [-0.2, 0) is 0 Å². The zero-order chi connectivity index (χ0) is 14.7. The van der Waals surface area contributed by atoms with E-state index in [1.807, 2.05) is 0 Å². The van der Waals surface area contributed by atoms with Crippen LogP contribution in [0.2, 0.25) is 20.6 Å². The molecule has 20 heavy (non-hydrogen) atoms. The Morgan fingerprint density at radius 3 is 1.35 bits per heavy atom. The van der Waals surface area contributed by atoms with Gasteiger partial charge in [0.15, 0.2) is 0 Å². The molecule has 2 amide bonds. The minimum absolute atomic E-state index is 0.169. The predicted molar refractivity (Wildman–Crippen MR) is 81.2 cm³/mol. The Bertz CT molecular complexity index is 569. The Kier molecular flexibility index (Phi) is 4.88. The molecule has 2 aromatic rings. The molecule has 0 aliphatic heterocycles. The SMILES string of the molecule is O=C(Nc1cc(Cl)nc(Cl)c1)Nc1cc(Cl)nc(Cl)c1. The van der Waals surface area contributed by atoms with Crippen LogP contribution in [0.1, 0.15) is 0 Å². The molecule has 0 bridgehead atoms. The first-order chi connectivity index (χ1) is 9.42. The summed E-state index contributed by atoms with van der Waals surface area (Å²) in [6.07, 6.45) is 0. The number of nitrogens with zero attached hydrogens (tertiary/aromatic N) is 2. The molecule has 0 saturated heterocycles. The fourth-order valence-corrected chi connectivity index (χ4v) is 2.29. The van der Waals surface area contributed by atoms with Gasteiger partial charge in [0, 0.05) is 11.4 Å².